The van der Waals surface area contributed by atoms with Gasteiger partial charge in [0.2, 0.25) is 5.78 Å². The van der Waals surface area contributed by atoms with Gasteiger partial charge in [-0.1, -0.05) is 34.1 Å². The van der Waals surface area contributed by atoms with Crippen molar-refractivity contribution in [2.75, 3.05) is 0 Å². The van der Waals surface area contributed by atoms with E-state index in [2.05, 4.69) is 28.1 Å². The van der Waals surface area contributed by atoms with E-state index in [4.69, 9.17) is 0 Å². The Morgan fingerprint density at radius 1 is 1.00 bits per heavy atom. The van der Waals surface area contributed by atoms with Crippen molar-refractivity contribution in [1.29, 1.82) is 0 Å². The monoisotopic (exact) mass is 344 g/mol. The minimum atomic E-state index is 0.116. The van der Waals surface area contributed by atoms with Crippen LogP contribution in [0, 0.1) is 13.8 Å². The zero-order chi connectivity index (χ0) is 14.3. The number of benzene rings is 2. The summed E-state index contributed by atoms with van der Waals surface area (Å²) in [6.07, 6.45) is 0. The Kier molecular flexibility index (Phi) is 3.48. The van der Waals surface area contributed by atoms with E-state index >= 15 is 0 Å². The number of hydrogen-bond donors (Lipinski definition) is 0. The Bertz CT molecular complexity index is 817. The van der Waals surface area contributed by atoms with Gasteiger partial charge in [0, 0.05) is 14.9 Å². The van der Waals surface area contributed by atoms with Gasteiger partial charge in [-0.05, 0) is 54.4 Å². The molecule has 0 fully saturated rings. The highest BCUT2D eigenvalue weighted by Crippen LogP contribution is 2.26. The second-order valence-corrected chi connectivity index (χ2v) is 7.08. The Balaban J connectivity index is 2.08. The molecule has 0 radical (unpaired) electrons. The van der Waals surface area contributed by atoms with Crippen molar-refractivity contribution in [2.24, 2.45) is 0 Å². The number of rotatable bonds is 2. The molecule has 100 valence electrons. The highest BCUT2D eigenvalue weighted by atomic mass is 79.9. The SMILES string of the molecule is Cc1cc(C)c(C(=O)c2ccc3cc(Br)ccc3c2)s1. The summed E-state index contributed by atoms with van der Waals surface area (Å²) in [7, 11) is 0. The summed E-state index contributed by atoms with van der Waals surface area (Å²) < 4.78 is 1.05. The van der Waals surface area contributed by atoms with Crippen LogP contribution in [0.3, 0.4) is 0 Å². The van der Waals surface area contributed by atoms with Crippen LogP contribution in [0.4, 0.5) is 0 Å². The maximum Gasteiger partial charge on any atom is 0.203 e. The van der Waals surface area contributed by atoms with Crippen LogP contribution in [0.2, 0.25) is 0 Å². The minimum Gasteiger partial charge on any atom is -0.288 e. The van der Waals surface area contributed by atoms with Gasteiger partial charge in [-0.25, -0.2) is 0 Å². The lowest BCUT2D eigenvalue weighted by molar-refractivity contribution is 0.104. The van der Waals surface area contributed by atoms with Gasteiger partial charge in [-0.2, -0.15) is 0 Å². The number of aryl methyl sites for hydroxylation is 2. The number of carbonyl (C=O) groups excluding carboxylic acids is 1. The smallest absolute Gasteiger partial charge is 0.203 e. The number of carbonyl (C=O) groups is 1. The van der Waals surface area contributed by atoms with Crippen molar-refractivity contribution >= 4 is 43.8 Å². The Morgan fingerprint density at radius 2 is 1.70 bits per heavy atom. The van der Waals surface area contributed by atoms with E-state index in [0.717, 1.165) is 31.2 Å². The lowest BCUT2D eigenvalue weighted by atomic mass is 10.0. The molecule has 0 unspecified atom stereocenters. The molecule has 1 heterocycles. The number of ketones is 1. The first-order valence-electron chi connectivity index (χ1n) is 6.35. The maximum absolute atomic E-state index is 12.6. The number of halogens is 1. The van der Waals surface area contributed by atoms with E-state index in [0.29, 0.717) is 0 Å². The normalized spacial score (nSPS) is 10.9. The fourth-order valence-electron chi connectivity index (χ4n) is 2.36. The van der Waals surface area contributed by atoms with Crippen LogP contribution in [0.5, 0.6) is 0 Å². The zero-order valence-electron chi connectivity index (χ0n) is 11.2. The summed E-state index contributed by atoms with van der Waals surface area (Å²) in [5.41, 5.74) is 1.82. The zero-order valence-corrected chi connectivity index (χ0v) is 13.6. The maximum atomic E-state index is 12.6. The summed E-state index contributed by atoms with van der Waals surface area (Å²) in [6.45, 7) is 4.03. The first-order chi connectivity index (χ1) is 9.54. The summed E-state index contributed by atoms with van der Waals surface area (Å²) >= 11 is 5.03. The predicted octanol–water partition coefficient (Wildman–Crippen LogP) is 5.51. The third-order valence-electron chi connectivity index (χ3n) is 3.31. The molecule has 0 aliphatic rings. The van der Waals surface area contributed by atoms with Gasteiger partial charge in [-0.15, -0.1) is 11.3 Å². The molecule has 1 nitrogen and oxygen atoms in total. The first kappa shape index (κ1) is 13.5. The van der Waals surface area contributed by atoms with E-state index in [1.165, 1.54) is 4.88 Å². The van der Waals surface area contributed by atoms with Crippen molar-refractivity contribution in [1.82, 2.24) is 0 Å². The highest BCUT2D eigenvalue weighted by Gasteiger charge is 2.14. The van der Waals surface area contributed by atoms with Crippen LogP contribution in [0.25, 0.3) is 10.8 Å². The average Bonchev–Trinajstić information content (AvgIpc) is 2.76. The fourth-order valence-corrected chi connectivity index (χ4v) is 3.72. The van der Waals surface area contributed by atoms with Crippen LogP contribution in [0.1, 0.15) is 25.7 Å². The molecule has 0 amide bonds. The van der Waals surface area contributed by atoms with Gasteiger partial charge < -0.3 is 0 Å². The second kappa shape index (κ2) is 5.15. The molecule has 0 saturated carbocycles. The quantitative estimate of drug-likeness (QED) is 0.560. The van der Waals surface area contributed by atoms with E-state index in [-0.39, 0.29) is 5.78 Å². The summed E-state index contributed by atoms with van der Waals surface area (Å²) in [5.74, 6) is 0.116. The Morgan fingerprint density at radius 3 is 2.40 bits per heavy atom. The number of hydrogen-bond acceptors (Lipinski definition) is 2. The lowest BCUT2D eigenvalue weighted by Gasteiger charge is -2.03. The van der Waals surface area contributed by atoms with Crippen molar-refractivity contribution in [2.45, 2.75) is 13.8 Å². The van der Waals surface area contributed by atoms with Crippen molar-refractivity contribution in [3.8, 4) is 0 Å². The molecule has 3 heteroatoms. The summed E-state index contributed by atoms with van der Waals surface area (Å²) in [6, 6.07) is 14.0. The van der Waals surface area contributed by atoms with Crippen molar-refractivity contribution in [3.05, 3.63) is 67.8 Å². The molecule has 3 aromatic rings. The van der Waals surface area contributed by atoms with Crippen LogP contribution < -0.4 is 0 Å². The Hall–Kier alpha value is -1.45. The van der Waals surface area contributed by atoms with Gasteiger partial charge in [-0.3, -0.25) is 4.79 Å². The van der Waals surface area contributed by atoms with Crippen LogP contribution in [0.15, 0.2) is 46.9 Å². The molecular weight excluding hydrogens is 332 g/mol. The lowest BCUT2D eigenvalue weighted by Crippen LogP contribution is -2.00. The fraction of sp³-hybridized carbons (Fsp3) is 0.118. The number of fused-ring (bicyclic) bond motifs is 1. The molecule has 0 spiro atoms. The summed E-state index contributed by atoms with van der Waals surface area (Å²) in [5, 5.41) is 2.22. The van der Waals surface area contributed by atoms with Gasteiger partial charge in [0.05, 0.1) is 4.88 Å². The predicted molar refractivity (Wildman–Crippen MR) is 88.9 cm³/mol. The van der Waals surface area contributed by atoms with Crippen LogP contribution in [-0.4, -0.2) is 5.78 Å². The van der Waals surface area contributed by atoms with Crippen molar-refractivity contribution < 1.29 is 4.79 Å². The first-order valence-corrected chi connectivity index (χ1v) is 7.96. The third kappa shape index (κ3) is 2.43. The molecule has 0 saturated heterocycles. The van der Waals surface area contributed by atoms with Crippen LogP contribution in [-0.2, 0) is 0 Å². The van der Waals surface area contributed by atoms with Crippen LogP contribution >= 0.6 is 27.3 Å². The van der Waals surface area contributed by atoms with Gasteiger partial charge >= 0.3 is 0 Å². The molecule has 0 N–H and O–H groups in total. The van der Waals surface area contributed by atoms with E-state index in [9.17, 15) is 4.79 Å². The second-order valence-electron chi connectivity index (χ2n) is 4.90. The molecular formula is C17H13BrOS. The third-order valence-corrected chi connectivity index (χ3v) is 4.96. The molecule has 0 aliphatic heterocycles. The molecule has 0 aliphatic carbocycles. The van der Waals surface area contributed by atoms with E-state index in [1.807, 2.05) is 44.2 Å². The minimum absolute atomic E-state index is 0.116. The molecule has 3 rings (SSSR count). The van der Waals surface area contributed by atoms with Gasteiger partial charge in [0.15, 0.2) is 0 Å². The van der Waals surface area contributed by atoms with E-state index in [1.54, 1.807) is 11.3 Å². The van der Waals surface area contributed by atoms with E-state index < -0.39 is 0 Å². The number of thiophene rings is 1. The van der Waals surface area contributed by atoms with Gasteiger partial charge in [0.1, 0.15) is 0 Å². The topological polar surface area (TPSA) is 17.1 Å². The summed E-state index contributed by atoms with van der Waals surface area (Å²) in [4.78, 5) is 14.6. The van der Waals surface area contributed by atoms with Gasteiger partial charge in [0.25, 0.3) is 0 Å². The van der Waals surface area contributed by atoms with Crippen molar-refractivity contribution in [3.63, 3.8) is 0 Å². The highest BCUT2D eigenvalue weighted by molar-refractivity contribution is 9.10. The molecule has 20 heavy (non-hydrogen) atoms. The Labute approximate surface area is 130 Å². The molecule has 0 atom stereocenters. The molecule has 0 bridgehead atoms. The average molecular weight is 345 g/mol. The molecule has 2 aromatic carbocycles. The standard InChI is InChI=1S/C17H13BrOS/c1-10-7-11(2)20-17(10)16(19)14-4-3-13-9-15(18)6-5-12(13)8-14/h3-9H,1-2H3. The largest absolute Gasteiger partial charge is 0.288 e. The molecule has 1 aromatic heterocycles.